The van der Waals surface area contributed by atoms with Crippen LogP contribution in [0.4, 0.5) is 13.2 Å². The Morgan fingerprint density at radius 2 is 1.96 bits per heavy atom. The van der Waals surface area contributed by atoms with Gasteiger partial charge in [0.15, 0.2) is 0 Å². The van der Waals surface area contributed by atoms with Crippen molar-refractivity contribution in [2.75, 3.05) is 26.2 Å². The van der Waals surface area contributed by atoms with Crippen molar-refractivity contribution in [1.82, 2.24) is 10.2 Å². The second-order valence-electron chi connectivity index (χ2n) is 6.90. The SMILES string of the molecule is O=C(C1[C@H]2CNC[C@@H]12)N1CCC(c2cccc(C(F)(F)F)c2)C1. The van der Waals surface area contributed by atoms with Crippen molar-refractivity contribution in [2.24, 2.45) is 17.8 Å². The number of amides is 1. The minimum absolute atomic E-state index is 0.0120. The highest BCUT2D eigenvalue weighted by Crippen LogP contribution is 2.50. The molecule has 3 nitrogen and oxygen atoms in total. The highest BCUT2D eigenvalue weighted by molar-refractivity contribution is 5.83. The Labute approximate surface area is 132 Å². The Bertz CT molecular complexity index is 621. The zero-order chi connectivity index (χ0) is 16.2. The molecule has 2 heterocycles. The van der Waals surface area contributed by atoms with Crippen LogP contribution < -0.4 is 5.32 Å². The van der Waals surface area contributed by atoms with Gasteiger partial charge in [0.2, 0.25) is 5.91 Å². The zero-order valence-electron chi connectivity index (χ0n) is 12.6. The summed E-state index contributed by atoms with van der Waals surface area (Å²) in [5.74, 6) is 1.33. The molecule has 4 atom stereocenters. The van der Waals surface area contributed by atoms with Gasteiger partial charge in [0.05, 0.1) is 5.56 Å². The van der Waals surface area contributed by atoms with Gasteiger partial charge in [-0.25, -0.2) is 0 Å². The van der Waals surface area contributed by atoms with Gasteiger partial charge in [-0.1, -0.05) is 18.2 Å². The molecule has 2 saturated heterocycles. The molecular weight excluding hydrogens is 305 g/mol. The minimum Gasteiger partial charge on any atom is -0.342 e. The largest absolute Gasteiger partial charge is 0.416 e. The van der Waals surface area contributed by atoms with Crippen LogP contribution in [-0.4, -0.2) is 37.0 Å². The van der Waals surface area contributed by atoms with Crippen LogP contribution in [0, 0.1) is 17.8 Å². The number of fused-ring (bicyclic) bond motifs is 1. The summed E-state index contributed by atoms with van der Waals surface area (Å²) in [6.07, 6.45) is -3.57. The molecule has 23 heavy (non-hydrogen) atoms. The molecule has 1 N–H and O–H groups in total. The van der Waals surface area contributed by atoms with Crippen LogP contribution in [0.3, 0.4) is 0 Å². The average molecular weight is 324 g/mol. The summed E-state index contributed by atoms with van der Waals surface area (Å²) in [6.45, 7) is 3.05. The topological polar surface area (TPSA) is 32.3 Å². The van der Waals surface area contributed by atoms with Gasteiger partial charge < -0.3 is 10.2 Å². The van der Waals surface area contributed by atoms with E-state index in [1.54, 1.807) is 6.07 Å². The van der Waals surface area contributed by atoms with Gasteiger partial charge in [-0.3, -0.25) is 4.79 Å². The summed E-state index contributed by atoms with van der Waals surface area (Å²) < 4.78 is 38.5. The van der Waals surface area contributed by atoms with E-state index in [4.69, 9.17) is 0 Å². The molecule has 1 amide bonds. The van der Waals surface area contributed by atoms with Crippen molar-refractivity contribution in [3.05, 3.63) is 35.4 Å². The minimum atomic E-state index is -4.32. The van der Waals surface area contributed by atoms with Gasteiger partial charge in [-0.05, 0) is 43.0 Å². The number of alkyl halides is 3. The number of rotatable bonds is 2. The van der Waals surface area contributed by atoms with Crippen LogP contribution in [0.5, 0.6) is 0 Å². The zero-order valence-corrected chi connectivity index (χ0v) is 12.6. The standard InChI is InChI=1S/C17H19F3N2O/c18-17(19,20)12-3-1-2-10(6-12)11-4-5-22(9-11)16(23)15-13-7-21-8-14(13)15/h1-3,6,11,13-15,21H,4-5,7-9H2/t11?,13-,14+,15?. The third-order valence-corrected chi connectivity index (χ3v) is 5.56. The first kappa shape index (κ1) is 15.0. The Hall–Kier alpha value is -1.56. The first-order valence-electron chi connectivity index (χ1n) is 8.12. The third kappa shape index (κ3) is 2.63. The molecule has 6 heteroatoms. The van der Waals surface area contributed by atoms with Crippen LogP contribution in [0.15, 0.2) is 24.3 Å². The summed E-state index contributed by atoms with van der Waals surface area (Å²) in [5, 5.41) is 3.27. The van der Waals surface area contributed by atoms with Crippen molar-refractivity contribution < 1.29 is 18.0 Å². The number of halogens is 3. The predicted molar refractivity (Wildman–Crippen MR) is 78.7 cm³/mol. The lowest BCUT2D eigenvalue weighted by molar-refractivity contribution is -0.137. The van der Waals surface area contributed by atoms with E-state index >= 15 is 0 Å². The molecule has 0 spiro atoms. The van der Waals surface area contributed by atoms with E-state index in [9.17, 15) is 18.0 Å². The van der Waals surface area contributed by atoms with Gasteiger partial charge in [0.1, 0.15) is 0 Å². The van der Waals surface area contributed by atoms with Crippen molar-refractivity contribution in [3.63, 3.8) is 0 Å². The molecule has 0 radical (unpaired) electrons. The monoisotopic (exact) mass is 324 g/mol. The summed E-state index contributed by atoms with van der Waals surface area (Å²) in [4.78, 5) is 14.4. The number of benzene rings is 1. The fraction of sp³-hybridized carbons (Fsp3) is 0.588. The average Bonchev–Trinajstić information content (AvgIpc) is 2.93. The van der Waals surface area contributed by atoms with Gasteiger partial charge in [-0.2, -0.15) is 13.2 Å². The van der Waals surface area contributed by atoms with E-state index in [2.05, 4.69) is 5.32 Å². The third-order valence-electron chi connectivity index (χ3n) is 5.56. The van der Waals surface area contributed by atoms with Crippen molar-refractivity contribution in [2.45, 2.75) is 18.5 Å². The van der Waals surface area contributed by atoms with Crippen LogP contribution in [-0.2, 0) is 11.0 Å². The van der Waals surface area contributed by atoms with Gasteiger partial charge in [0.25, 0.3) is 0 Å². The number of carbonyl (C=O) groups is 1. The number of piperidine rings is 1. The van der Waals surface area contributed by atoms with Crippen LogP contribution in [0.2, 0.25) is 0 Å². The van der Waals surface area contributed by atoms with Crippen LogP contribution in [0.1, 0.15) is 23.5 Å². The first-order valence-corrected chi connectivity index (χ1v) is 8.12. The molecule has 3 fully saturated rings. The number of hydrogen-bond acceptors (Lipinski definition) is 2. The molecule has 1 saturated carbocycles. The van der Waals surface area contributed by atoms with E-state index in [1.165, 1.54) is 12.1 Å². The van der Waals surface area contributed by atoms with Crippen molar-refractivity contribution >= 4 is 5.91 Å². The first-order chi connectivity index (χ1) is 10.9. The summed E-state index contributed by atoms with van der Waals surface area (Å²) in [5.41, 5.74) is 0.0790. The predicted octanol–water partition coefficient (Wildman–Crippen LogP) is 2.49. The normalized spacial score (nSPS) is 32.9. The number of hydrogen-bond donors (Lipinski definition) is 1. The smallest absolute Gasteiger partial charge is 0.342 e. The fourth-order valence-electron chi connectivity index (χ4n) is 4.20. The molecule has 0 aromatic heterocycles. The summed E-state index contributed by atoms with van der Waals surface area (Å²) in [6, 6.07) is 5.53. The molecule has 2 aliphatic heterocycles. The number of nitrogens with one attached hydrogen (secondary N) is 1. The number of nitrogens with zero attached hydrogens (tertiary/aromatic N) is 1. The maximum Gasteiger partial charge on any atom is 0.416 e. The molecule has 1 aromatic carbocycles. The van der Waals surface area contributed by atoms with E-state index < -0.39 is 11.7 Å². The number of carbonyl (C=O) groups excluding carboxylic acids is 1. The fourth-order valence-corrected chi connectivity index (χ4v) is 4.20. The van der Waals surface area contributed by atoms with Crippen LogP contribution in [0.25, 0.3) is 0 Å². The Kier molecular flexibility index (Phi) is 3.41. The van der Waals surface area contributed by atoms with E-state index in [1.807, 2.05) is 4.90 Å². The lowest BCUT2D eigenvalue weighted by Crippen LogP contribution is -2.33. The second kappa shape index (κ2) is 5.23. The maximum absolute atomic E-state index is 12.8. The Morgan fingerprint density at radius 1 is 1.22 bits per heavy atom. The molecule has 3 aliphatic rings. The summed E-state index contributed by atoms with van der Waals surface area (Å²) >= 11 is 0. The molecule has 2 unspecified atom stereocenters. The quantitative estimate of drug-likeness (QED) is 0.906. The Balaban J connectivity index is 1.43. The molecule has 4 rings (SSSR count). The molecule has 1 aliphatic carbocycles. The van der Waals surface area contributed by atoms with Crippen LogP contribution >= 0.6 is 0 Å². The lowest BCUT2D eigenvalue weighted by Gasteiger charge is -2.18. The highest BCUT2D eigenvalue weighted by atomic mass is 19.4. The van der Waals surface area contributed by atoms with Gasteiger partial charge >= 0.3 is 6.18 Å². The molecule has 1 aromatic rings. The number of likely N-dealkylation sites (tertiary alicyclic amines) is 1. The van der Waals surface area contributed by atoms with Gasteiger partial charge in [-0.15, -0.1) is 0 Å². The van der Waals surface area contributed by atoms with Crippen molar-refractivity contribution in [3.8, 4) is 0 Å². The van der Waals surface area contributed by atoms with E-state index in [0.29, 0.717) is 30.5 Å². The van der Waals surface area contributed by atoms with Gasteiger partial charge in [0, 0.05) is 24.9 Å². The maximum atomic E-state index is 12.8. The van der Waals surface area contributed by atoms with Crippen molar-refractivity contribution in [1.29, 1.82) is 0 Å². The summed E-state index contributed by atoms with van der Waals surface area (Å²) in [7, 11) is 0. The highest BCUT2D eigenvalue weighted by Gasteiger charge is 2.58. The lowest BCUT2D eigenvalue weighted by atomic mass is 9.96. The Morgan fingerprint density at radius 3 is 2.65 bits per heavy atom. The molecule has 0 bridgehead atoms. The molecule has 124 valence electrons. The van der Waals surface area contributed by atoms with E-state index in [-0.39, 0.29) is 17.7 Å². The molecular formula is C17H19F3N2O. The second-order valence-corrected chi connectivity index (χ2v) is 6.90. The van der Waals surface area contributed by atoms with E-state index in [0.717, 1.165) is 25.6 Å².